The molecule has 0 radical (unpaired) electrons. The Bertz CT molecular complexity index is 722. The maximum Gasteiger partial charge on any atom is 0.276 e. The lowest BCUT2D eigenvalue weighted by atomic mass is 10.3. The summed E-state index contributed by atoms with van der Waals surface area (Å²) in [6, 6.07) is 14.7. The Balaban J connectivity index is 1.71. The fraction of sp³-hybridized carbons (Fsp3) is 0.0667. The van der Waals surface area contributed by atoms with Crippen LogP contribution >= 0.6 is 12.2 Å². The molecule has 8 nitrogen and oxygen atoms in total. The van der Waals surface area contributed by atoms with Gasteiger partial charge in [0.15, 0.2) is 11.7 Å². The van der Waals surface area contributed by atoms with E-state index in [0.29, 0.717) is 5.75 Å². The number of carbonyl (C=O) groups is 1. The molecule has 0 aliphatic rings. The second-order valence-electron chi connectivity index (χ2n) is 4.53. The van der Waals surface area contributed by atoms with E-state index in [2.05, 4.69) is 16.2 Å². The van der Waals surface area contributed by atoms with E-state index in [1.807, 2.05) is 30.3 Å². The van der Waals surface area contributed by atoms with E-state index in [1.54, 1.807) is 0 Å². The Morgan fingerprint density at radius 2 is 1.75 bits per heavy atom. The number of hydrogen-bond acceptors (Lipinski definition) is 5. The third-order valence-corrected chi connectivity index (χ3v) is 2.97. The second kappa shape index (κ2) is 8.44. The van der Waals surface area contributed by atoms with Gasteiger partial charge < -0.3 is 10.1 Å². The highest BCUT2D eigenvalue weighted by Gasteiger charge is 2.07. The molecule has 0 saturated heterocycles. The van der Waals surface area contributed by atoms with Gasteiger partial charge in [0.05, 0.1) is 4.92 Å². The number of hydrazine groups is 1. The molecule has 0 fully saturated rings. The number of nitrogens with zero attached hydrogens (tertiary/aromatic N) is 1. The molecule has 0 saturated carbocycles. The molecule has 0 aliphatic carbocycles. The van der Waals surface area contributed by atoms with Gasteiger partial charge in [-0.05, 0) is 36.5 Å². The van der Waals surface area contributed by atoms with Crippen molar-refractivity contribution >= 4 is 34.6 Å². The van der Waals surface area contributed by atoms with E-state index < -0.39 is 10.8 Å². The molecule has 0 bridgehead atoms. The van der Waals surface area contributed by atoms with Crippen LogP contribution in [0.3, 0.4) is 0 Å². The van der Waals surface area contributed by atoms with Gasteiger partial charge in [0.1, 0.15) is 5.75 Å². The molecule has 2 aromatic rings. The Kier molecular flexibility index (Phi) is 6.03. The minimum Gasteiger partial charge on any atom is -0.484 e. The molecule has 0 aliphatic heterocycles. The second-order valence-corrected chi connectivity index (χ2v) is 4.94. The summed E-state index contributed by atoms with van der Waals surface area (Å²) >= 11 is 5.03. The normalized spacial score (nSPS) is 9.67. The molecule has 0 aromatic heterocycles. The number of benzene rings is 2. The van der Waals surface area contributed by atoms with E-state index in [-0.39, 0.29) is 17.4 Å². The summed E-state index contributed by atoms with van der Waals surface area (Å²) < 4.78 is 5.21. The van der Waals surface area contributed by atoms with Crippen LogP contribution < -0.4 is 20.9 Å². The van der Waals surface area contributed by atoms with Crippen molar-refractivity contribution in [3.05, 3.63) is 64.7 Å². The monoisotopic (exact) mass is 346 g/mol. The minimum atomic E-state index is -0.513. The lowest BCUT2D eigenvalue weighted by Gasteiger charge is -2.12. The number of ether oxygens (including phenoxy) is 1. The number of non-ortho nitro benzene ring substituents is 1. The summed E-state index contributed by atoms with van der Waals surface area (Å²) in [6.07, 6.45) is 0. The predicted molar refractivity (Wildman–Crippen MR) is 92.5 cm³/mol. The molecular weight excluding hydrogens is 332 g/mol. The van der Waals surface area contributed by atoms with Crippen LogP contribution in [-0.2, 0) is 4.79 Å². The summed E-state index contributed by atoms with van der Waals surface area (Å²) in [5, 5.41) is 13.6. The number of anilines is 1. The van der Waals surface area contributed by atoms with E-state index in [0.717, 1.165) is 5.69 Å². The highest BCUT2D eigenvalue weighted by molar-refractivity contribution is 7.80. The molecule has 2 aromatic carbocycles. The Morgan fingerprint density at radius 1 is 1.08 bits per heavy atom. The van der Waals surface area contributed by atoms with Gasteiger partial charge in [0, 0.05) is 17.8 Å². The van der Waals surface area contributed by atoms with Gasteiger partial charge in [0.2, 0.25) is 0 Å². The number of nitrogens with one attached hydrogen (secondary N) is 3. The number of hydrogen-bond donors (Lipinski definition) is 3. The predicted octanol–water partition coefficient (Wildman–Crippen LogP) is 1.99. The Morgan fingerprint density at radius 3 is 2.38 bits per heavy atom. The summed E-state index contributed by atoms with van der Waals surface area (Å²) in [7, 11) is 0. The lowest BCUT2D eigenvalue weighted by Crippen LogP contribution is -2.45. The van der Waals surface area contributed by atoms with Crippen molar-refractivity contribution in [1.82, 2.24) is 10.9 Å². The summed E-state index contributed by atoms with van der Waals surface area (Å²) in [5.74, 6) is -0.105. The van der Waals surface area contributed by atoms with Crippen LogP contribution in [-0.4, -0.2) is 22.5 Å². The molecule has 24 heavy (non-hydrogen) atoms. The minimum absolute atomic E-state index is 0.0502. The van der Waals surface area contributed by atoms with Crippen LogP contribution in [0, 0.1) is 10.1 Å². The summed E-state index contributed by atoms with van der Waals surface area (Å²) in [6.45, 7) is -0.265. The van der Waals surface area contributed by atoms with Crippen LogP contribution in [0.1, 0.15) is 0 Å². The van der Waals surface area contributed by atoms with Gasteiger partial charge in [-0.3, -0.25) is 25.8 Å². The summed E-state index contributed by atoms with van der Waals surface area (Å²) in [4.78, 5) is 21.7. The van der Waals surface area contributed by atoms with Gasteiger partial charge in [-0.1, -0.05) is 18.2 Å². The fourth-order valence-corrected chi connectivity index (χ4v) is 1.83. The zero-order chi connectivity index (χ0) is 17.4. The highest BCUT2D eigenvalue weighted by Crippen LogP contribution is 2.16. The molecule has 124 valence electrons. The third kappa shape index (κ3) is 5.54. The van der Waals surface area contributed by atoms with E-state index in [9.17, 15) is 14.9 Å². The van der Waals surface area contributed by atoms with E-state index >= 15 is 0 Å². The molecule has 0 heterocycles. The quantitative estimate of drug-likeness (QED) is 0.432. The first-order valence-corrected chi connectivity index (χ1v) is 7.23. The standard InChI is InChI=1S/C15H14N4O4S/c20-14(10-23-13-8-6-12(7-9-13)19(21)22)17-18-15(24)16-11-4-2-1-3-5-11/h1-9H,10H2,(H,17,20)(H2,16,18,24). The molecule has 0 atom stereocenters. The Labute approximate surface area is 142 Å². The van der Waals surface area contributed by atoms with Gasteiger partial charge >= 0.3 is 0 Å². The smallest absolute Gasteiger partial charge is 0.276 e. The first-order chi connectivity index (χ1) is 11.5. The summed E-state index contributed by atoms with van der Waals surface area (Å²) in [5.41, 5.74) is 5.65. The Hall–Kier alpha value is -3.20. The first-order valence-electron chi connectivity index (χ1n) is 6.83. The molecular formula is C15H14N4O4S. The zero-order valence-corrected chi connectivity index (χ0v) is 13.2. The van der Waals surface area contributed by atoms with Crippen molar-refractivity contribution in [3.63, 3.8) is 0 Å². The number of nitro groups is 1. The van der Waals surface area contributed by atoms with Crippen molar-refractivity contribution < 1.29 is 14.5 Å². The van der Waals surface area contributed by atoms with Crippen LogP contribution in [0.4, 0.5) is 11.4 Å². The van der Waals surface area contributed by atoms with Crippen LogP contribution in [0.15, 0.2) is 54.6 Å². The van der Waals surface area contributed by atoms with Crippen LogP contribution in [0.2, 0.25) is 0 Å². The number of para-hydroxylation sites is 1. The van der Waals surface area contributed by atoms with E-state index in [4.69, 9.17) is 17.0 Å². The van der Waals surface area contributed by atoms with Gasteiger partial charge in [0.25, 0.3) is 11.6 Å². The third-order valence-electron chi connectivity index (χ3n) is 2.76. The largest absolute Gasteiger partial charge is 0.484 e. The fourth-order valence-electron chi connectivity index (χ4n) is 1.66. The van der Waals surface area contributed by atoms with Crippen molar-refractivity contribution in [2.24, 2.45) is 0 Å². The highest BCUT2D eigenvalue weighted by atomic mass is 32.1. The van der Waals surface area contributed by atoms with Crippen LogP contribution in [0.5, 0.6) is 5.75 Å². The number of nitro benzene ring substituents is 1. The maximum absolute atomic E-state index is 11.7. The van der Waals surface area contributed by atoms with E-state index in [1.165, 1.54) is 24.3 Å². The molecule has 1 amide bonds. The molecule has 3 N–H and O–H groups in total. The topological polar surface area (TPSA) is 106 Å². The number of amides is 1. The average Bonchev–Trinajstić information content (AvgIpc) is 2.59. The van der Waals surface area contributed by atoms with Crippen molar-refractivity contribution in [2.45, 2.75) is 0 Å². The number of rotatable bonds is 5. The lowest BCUT2D eigenvalue weighted by molar-refractivity contribution is -0.384. The SMILES string of the molecule is O=C(COc1ccc([N+](=O)[O-])cc1)NNC(=S)Nc1ccccc1. The maximum atomic E-state index is 11.7. The van der Waals surface area contributed by atoms with Crippen molar-refractivity contribution in [2.75, 3.05) is 11.9 Å². The van der Waals surface area contributed by atoms with Gasteiger partial charge in [-0.15, -0.1) is 0 Å². The number of thiocarbonyl (C=S) groups is 1. The van der Waals surface area contributed by atoms with Crippen LogP contribution in [0.25, 0.3) is 0 Å². The molecule has 0 unspecified atom stereocenters. The van der Waals surface area contributed by atoms with Gasteiger partial charge in [-0.25, -0.2) is 0 Å². The zero-order valence-electron chi connectivity index (χ0n) is 12.4. The average molecular weight is 346 g/mol. The van der Waals surface area contributed by atoms with Gasteiger partial charge in [-0.2, -0.15) is 0 Å². The molecule has 2 rings (SSSR count). The van der Waals surface area contributed by atoms with Crippen molar-refractivity contribution in [1.29, 1.82) is 0 Å². The number of carbonyl (C=O) groups excluding carboxylic acids is 1. The van der Waals surface area contributed by atoms with Crippen molar-refractivity contribution in [3.8, 4) is 5.75 Å². The first kappa shape index (κ1) is 17.2. The molecule has 0 spiro atoms. The molecule has 9 heteroatoms.